The van der Waals surface area contributed by atoms with E-state index < -0.39 is 0 Å². The molecular weight excluding hydrogens is 384 g/mol. The van der Waals surface area contributed by atoms with E-state index in [4.69, 9.17) is 4.42 Å². The third-order valence-corrected chi connectivity index (χ3v) is 5.59. The van der Waals surface area contributed by atoms with Gasteiger partial charge >= 0.3 is 0 Å². The standard InChI is InChI=1S/C22H20N4O2S/c1-15-7-8-16(2)19(13-15)29-22-18(6-3-10-23-22)21(27)25-20-9-11-24-26(20)14-17-5-4-12-28-17/h3-13H,14H2,1-2H3,(H,25,27). The molecule has 29 heavy (non-hydrogen) atoms. The lowest BCUT2D eigenvalue weighted by molar-refractivity contribution is 0.102. The maximum absolute atomic E-state index is 13.0. The van der Waals surface area contributed by atoms with Crippen LogP contribution in [0.25, 0.3) is 0 Å². The lowest BCUT2D eigenvalue weighted by Crippen LogP contribution is -2.17. The van der Waals surface area contributed by atoms with Crippen LogP contribution in [0.1, 0.15) is 27.2 Å². The maximum Gasteiger partial charge on any atom is 0.259 e. The quantitative estimate of drug-likeness (QED) is 0.493. The molecule has 0 radical (unpaired) electrons. The molecule has 0 saturated carbocycles. The lowest BCUT2D eigenvalue weighted by atomic mass is 10.2. The number of nitrogens with zero attached hydrogens (tertiary/aromatic N) is 3. The molecule has 146 valence electrons. The molecule has 1 aromatic carbocycles. The fourth-order valence-corrected chi connectivity index (χ4v) is 3.93. The maximum atomic E-state index is 13.0. The molecule has 0 unspecified atom stereocenters. The predicted octanol–water partition coefficient (Wildman–Crippen LogP) is 4.94. The number of amides is 1. The number of carbonyl (C=O) groups excluding carboxylic acids is 1. The first-order valence-corrected chi connectivity index (χ1v) is 9.97. The lowest BCUT2D eigenvalue weighted by Gasteiger charge is -2.11. The molecule has 0 fully saturated rings. The molecular formula is C22H20N4O2S. The van der Waals surface area contributed by atoms with Crippen LogP contribution in [0.5, 0.6) is 0 Å². The normalized spacial score (nSPS) is 10.8. The molecule has 0 aliphatic carbocycles. The Hall–Kier alpha value is -3.32. The first-order valence-electron chi connectivity index (χ1n) is 9.16. The minimum Gasteiger partial charge on any atom is -0.467 e. The predicted molar refractivity (Wildman–Crippen MR) is 112 cm³/mol. The number of hydrogen-bond acceptors (Lipinski definition) is 5. The molecule has 4 aromatic rings. The summed E-state index contributed by atoms with van der Waals surface area (Å²) < 4.78 is 7.06. The van der Waals surface area contributed by atoms with Gasteiger partial charge in [-0.05, 0) is 55.3 Å². The van der Waals surface area contributed by atoms with Gasteiger partial charge in [0.15, 0.2) is 0 Å². The van der Waals surface area contributed by atoms with E-state index in [0.29, 0.717) is 23.0 Å². The van der Waals surface area contributed by atoms with Gasteiger partial charge in [-0.3, -0.25) is 4.79 Å². The Kier molecular flexibility index (Phi) is 5.48. The summed E-state index contributed by atoms with van der Waals surface area (Å²) in [7, 11) is 0. The zero-order valence-electron chi connectivity index (χ0n) is 16.1. The Bertz CT molecular complexity index is 1140. The second-order valence-electron chi connectivity index (χ2n) is 6.63. The van der Waals surface area contributed by atoms with Crippen LogP contribution in [0.4, 0.5) is 5.82 Å². The van der Waals surface area contributed by atoms with Crippen LogP contribution in [0, 0.1) is 13.8 Å². The number of carbonyl (C=O) groups is 1. The van der Waals surface area contributed by atoms with Crippen molar-refractivity contribution in [1.29, 1.82) is 0 Å². The second-order valence-corrected chi connectivity index (χ2v) is 7.67. The van der Waals surface area contributed by atoms with Crippen molar-refractivity contribution >= 4 is 23.5 Å². The van der Waals surface area contributed by atoms with Crippen molar-refractivity contribution in [2.75, 3.05) is 5.32 Å². The SMILES string of the molecule is Cc1ccc(C)c(Sc2ncccc2C(=O)Nc2ccnn2Cc2ccco2)c1. The summed E-state index contributed by atoms with van der Waals surface area (Å²) >= 11 is 1.49. The minimum absolute atomic E-state index is 0.230. The van der Waals surface area contributed by atoms with Gasteiger partial charge in [-0.15, -0.1) is 0 Å². The Morgan fingerprint density at radius 3 is 2.86 bits per heavy atom. The molecule has 0 bridgehead atoms. The molecule has 0 atom stereocenters. The van der Waals surface area contributed by atoms with Crippen molar-refractivity contribution in [1.82, 2.24) is 14.8 Å². The van der Waals surface area contributed by atoms with E-state index in [1.54, 1.807) is 41.5 Å². The molecule has 3 aromatic heterocycles. The molecule has 0 aliphatic rings. The minimum atomic E-state index is -0.230. The Morgan fingerprint density at radius 2 is 2.03 bits per heavy atom. The molecule has 3 heterocycles. The highest BCUT2D eigenvalue weighted by molar-refractivity contribution is 7.99. The van der Waals surface area contributed by atoms with Crippen LogP contribution in [-0.4, -0.2) is 20.7 Å². The smallest absolute Gasteiger partial charge is 0.259 e. The highest BCUT2D eigenvalue weighted by Crippen LogP contribution is 2.32. The van der Waals surface area contributed by atoms with Gasteiger partial charge in [0, 0.05) is 17.2 Å². The first kappa shape index (κ1) is 19.0. The van der Waals surface area contributed by atoms with Crippen molar-refractivity contribution in [3.63, 3.8) is 0 Å². The Labute approximate surface area is 173 Å². The number of pyridine rings is 1. The number of anilines is 1. The van der Waals surface area contributed by atoms with Crippen molar-refractivity contribution < 1.29 is 9.21 Å². The monoisotopic (exact) mass is 404 g/mol. The molecule has 1 amide bonds. The van der Waals surface area contributed by atoms with Gasteiger partial charge in [-0.2, -0.15) is 5.10 Å². The third kappa shape index (κ3) is 4.41. The number of nitrogens with one attached hydrogen (secondary N) is 1. The first-order chi connectivity index (χ1) is 14.1. The molecule has 0 aliphatic heterocycles. The molecule has 4 rings (SSSR count). The van der Waals surface area contributed by atoms with Crippen LogP contribution >= 0.6 is 11.8 Å². The molecule has 6 nitrogen and oxygen atoms in total. The van der Waals surface area contributed by atoms with E-state index >= 15 is 0 Å². The molecule has 1 N–H and O–H groups in total. The fourth-order valence-electron chi connectivity index (χ4n) is 2.87. The van der Waals surface area contributed by atoms with Gasteiger partial charge in [0.05, 0.1) is 18.0 Å². The molecule has 7 heteroatoms. The van der Waals surface area contributed by atoms with Gasteiger partial charge in [0.2, 0.25) is 0 Å². The number of aryl methyl sites for hydroxylation is 2. The van der Waals surface area contributed by atoms with Gasteiger partial charge in [-0.25, -0.2) is 9.67 Å². The highest BCUT2D eigenvalue weighted by atomic mass is 32.2. The van der Waals surface area contributed by atoms with E-state index in [2.05, 4.69) is 47.4 Å². The van der Waals surface area contributed by atoms with E-state index in [-0.39, 0.29) is 5.91 Å². The summed E-state index contributed by atoms with van der Waals surface area (Å²) in [6, 6.07) is 15.3. The Morgan fingerprint density at radius 1 is 1.14 bits per heavy atom. The van der Waals surface area contributed by atoms with E-state index in [1.165, 1.54) is 17.3 Å². The second kappa shape index (κ2) is 8.36. The highest BCUT2D eigenvalue weighted by Gasteiger charge is 2.16. The Balaban J connectivity index is 1.56. The fraction of sp³-hybridized carbons (Fsp3) is 0.136. The van der Waals surface area contributed by atoms with E-state index in [0.717, 1.165) is 16.2 Å². The van der Waals surface area contributed by atoms with Crippen molar-refractivity contribution in [2.24, 2.45) is 0 Å². The number of benzene rings is 1. The van der Waals surface area contributed by atoms with Crippen LogP contribution in [0.2, 0.25) is 0 Å². The largest absolute Gasteiger partial charge is 0.467 e. The van der Waals surface area contributed by atoms with Crippen LogP contribution < -0.4 is 5.32 Å². The van der Waals surface area contributed by atoms with Crippen molar-refractivity contribution in [3.8, 4) is 0 Å². The number of furan rings is 1. The topological polar surface area (TPSA) is 73.0 Å². The zero-order chi connectivity index (χ0) is 20.2. The number of hydrogen-bond donors (Lipinski definition) is 1. The summed E-state index contributed by atoms with van der Waals surface area (Å²) in [5, 5.41) is 7.87. The van der Waals surface area contributed by atoms with E-state index in [9.17, 15) is 4.79 Å². The average molecular weight is 404 g/mol. The van der Waals surface area contributed by atoms with Gasteiger partial charge in [0.25, 0.3) is 5.91 Å². The summed E-state index contributed by atoms with van der Waals surface area (Å²) in [6.07, 6.45) is 4.96. The number of rotatable bonds is 6. The molecule has 0 spiro atoms. The zero-order valence-corrected chi connectivity index (χ0v) is 16.9. The van der Waals surface area contributed by atoms with Crippen LogP contribution in [0.3, 0.4) is 0 Å². The van der Waals surface area contributed by atoms with Crippen LogP contribution in [0.15, 0.2) is 81.5 Å². The van der Waals surface area contributed by atoms with Crippen molar-refractivity contribution in [2.45, 2.75) is 30.3 Å². The van der Waals surface area contributed by atoms with Crippen LogP contribution in [-0.2, 0) is 6.54 Å². The summed E-state index contributed by atoms with van der Waals surface area (Å²) in [5.41, 5.74) is 2.83. The average Bonchev–Trinajstić information content (AvgIpc) is 3.38. The summed E-state index contributed by atoms with van der Waals surface area (Å²) in [6.45, 7) is 4.54. The van der Waals surface area contributed by atoms with Crippen molar-refractivity contribution in [3.05, 3.63) is 89.6 Å². The number of aromatic nitrogens is 3. The summed E-state index contributed by atoms with van der Waals surface area (Å²) in [5.74, 6) is 1.13. The van der Waals surface area contributed by atoms with Gasteiger partial charge in [-0.1, -0.05) is 23.9 Å². The third-order valence-electron chi connectivity index (χ3n) is 4.41. The van der Waals surface area contributed by atoms with E-state index in [1.807, 2.05) is 12.1 Å². The molecule has 0 saturated heterocycles. The summed E-state index contributed by atoms with van der Waals surface area (Å²) in [4.78, 5) is 18.5. The van der Waals surface area contributed by atoms with Gasteiger partial charge in [0.1, 0.15) is 23.1 Å². The van der Waals surface area contributed by atoms with Gasteiger partial charge < -0.3 is 9.73 Å².